The van der Waals surface area contributed by atoms with E-state index in [4.69, 9.17) is 5.10 Å². The summed E-state index contributed by atoms with van der Waals surface area (Å²) in [5.41, 5.74) is 6.60. The fraction of sp³-hybridized carbons (Fsp3) is 0.200. The Kier molecular flexibility index (Phi) is 5.80. The van der Waals surface area contributed by atoms with E-state index in [2.05, 4.69) is 40.9 Å². The second-order valence-electron chi connectivity index (χ2n) is 7.07. The largest absolute Gasteiger partial charge is 0.269 e. The van der Waals surface area contributed by atoms with Crippen LogP contribution in [0.2, 0.25) is 0 Å². The minimum absolute atomic E-state index is 0.239. The zero-order valence-corrected chi connectivity index (χ0v) is 16.6. The summed E-state index contributed by atoms with van der Waals surface area (Å²) in [6.07, 6.45) is 6.60. The monoisotopic (exact) mass is 385 g/mol. The van der Waals surface area contributed by atoms with E-state index >= 15 is 0 Å². The van der Waals surface area contributed by atoms with Crippen LogP contribution in [0.25, 0.3) is 22.4 Å². The van der Waals surface area contributed by atoms with Crippen LogP contribution >= 0.6 is 0 Å². The number of aryl methyl sites for hydroxylation is 2. The molecule has 0 saturated heterocycles. The zero-order valence-electron chi connectivity index (χ0n) is 16.6. The highest BCUT2D eigenvalue weighted by atomic mass is 19.1. The summed E-state index contributed by atoms with van der Waals surface area (Å²) < 4.78 is 15.6. The van der Waals surface area contributed by atoms with E-state index in [0.717, 1.165) is 48.2 Å². The van der Waals surface area contributed by atoms with Gasteiger partial charge in [-0.2, -0.15) is 5.10 Å². The first kappa shape index (κ1) is 19.1. The first-order valence-electron chi connectivity index (χ1n) is 10.1. The molecule has 4 aromatic rings. The molecule has 0 unspecified atom stereocenters. The Bertz CT molecular complexity index is 1050. The molecule has 3 nitrogen and oxygen atoms in total. The highest BCUT2D eigenvalue weighted by Crippen LogP contribution is 2.35. The lowest BCUT2D eigenvalue weighted by molar-refractivity contribution is 0.611. The van der Waals surface area contributed by atoms with Crippen LogP contribution in [0.3, 0.4) is 0 Å². The van der Waals surface area contributed by atoms with Gasteiger partial charge in [0.05, 0.1) is 0 Å². The van der Waals surface area contributed by atoms with Gasteiger partial charge in [0.2, 0.25) is 0 Å². The molecule has 4 rings (SSSR count). The number of pyridine rings is 1. The molecule has 0 fully saturated rings. The van der Waals surface area contributed by atoms with E-state index in [-0.39, 0.29) is 5.82 Å². The summed E-state index contributed by atoms with van der Waals surface area (Å²) in [5.74, 6) is -0.239. The van der Waals surface area contributed by atoms with Crippen LogP contribution in [-0.4, -0.2) is 14.8 Å². The second kappa shape index (κ2) is 8.82. The summed E-state index contributed by atoms with van der Waals surface area (Å²) in [4.78, 5) is 4.17. The lowest BCUT2D eigenvalue weighted by Crippen LogP contribution is -2.04. The van der Waals surface area contributed by atoms with Gasteiger partial charge in [-0.3, -0.25) is 9.67 Å². The van der Waals surface area contributed by atoms with Crippen molar-refractivity contribution < 1.29 is 4.39 Å². The number of halogens is 1. The SMILES string of the molecule is CCn1nc(-c2ccc(F)cc2)c(-c2ccncc2)c1CCCc1ccccc1. The van der Waals surface area contributed by atoms with Gasteiger partial charge in [0, 0.05) is 35.8 Å². The van der Waals surface area contributed by atoms with E-state index in [1.165, 1.54) is 23.4 Å². The maximum atomic E-state index is 13.5. The van der Waals surface area contributed by atoms with E-state index in [1.54, 1.807) is 24.5 Å². The van der Waals surface area contributed by atoms with Gasteiger partial charge < -0.3 is 0 Å². The van der Waals surface area contributed by atoms with E-state index in [9.17, 15) is 4.39 Å². The van der Waals surface area contributed by atoms with Crippen molar-refractivity contribution >= 4 is 0 Å². The van der Waals surface area contributed by atoms with Crippen molar-refractivity contribution in [2.45, 2.75) is 32.7 Å². The van der Waals surface area contributed by atoms with E-state index < -0.39 is 0 Å². The standard InChI is InChI=1S/C25H24FN3/c1-2-29-23(10-6-9-19-7-4-3-5-8-19)24(20-15-17-27-18-16-20)25(28-29)21-11-13-22(26)14-12-21/h3-5,7-8,11-18H,2,6,9-10H2,1H3. The van der Waals surface area contributed by atoms with Crippen molar-refractivity contribution in [3.8, 4) is 22.4 Å². The van der Waals surface area contributed by atoms with Gasteiger partial charge in [0.1, 0.15) is 11.5 Å². The zero-order chi connectivity index (χ0) is 20.1. The maximum absolute atomic E-state index is 13.5. The Morgan fingerprint density at radius 3 is 2.24 bits per heavy atom. The smallest absolute Gasteiger partial charge is 0.123 e. The molecule has 0 aliphatic rings. The molecule has 146 valence electrons. The average molecular weight is 385 g/mol. The van der Waals surface area contributed by atoms with Gasteiger partial charge in [0.25, 0.3) is 0 Å². The Labute approximate surface area is 170 Å². The molecule has 0 aliphatic heterocycles. The van der Waals surface area contributed by atoms with Crippen molar-refractivity contribution in [1.29, 1.82) is 0 Å². The van der Waals surface area contributed by atoms with Crippen LogP contribution in [-0.2, 0) is 19.4 Å². The number of aromatic nitrogens is 3. The first-order chi connectivity index (χ1) is 14.3. The predicted octanol–water partition coefficient (Wildman–Crippen LogP) is 5.95. The highest BCUT2D eigenvalue weighted by molar-refractivity contribution is 5.82. The topological polar surface area (TPSA) is 30.7 Å². The third-order valence-electron chi connectivity index (χ3n) is 5.17. The minimum Gasteiger partial charge on any atom is -0.269 e. The quantitative estimate of drug-likeness (QED) is 0.394. The molecule has 4 heteroatoms. The molecule has 2 aromatic heterocycles. The molecule has 0 N–H and O–H groups in total. The number of hydrogen-bond acceptors (Lipinski definition) is 2. The van der Waals surface area contributed by atoms with Crippen LogP contribution in [0.5, 0.6) is 0 Å². The molecule has 0 spiro atoms. The number of hydrogen-bond donors (Lipinski definition) is 0. The molecule has 0 amide bonds. The van der Waals surface area contributed by atoms with Crippen molar-refractivity contribution in [1.82, 2.24) is 14.8 Å². The van der Waals surface area contributed by atoms with Crippen molar-refractivity contribution in [3.63, 3.8) is 0 Å². The molecular weight excluding hydrogens is 361 g/mol. The summed E-state index contributed by atoms with van der Waals surface area (Å²) in [6.45, 7) is 2.90. The average Bonchev–Trinajstić information content (AvgIpc) is 3.14. The van der Waals surface area contributed by atoms with Crippen LogP contribution < -0.4 is 0 Å². The predicted molar refractivity (Wildman–Crippen MR) is 115 cm³/mol. The lowest BCUT2D eigenvalue weighted by atomic mass is 9.97. The molecule has 29 heavy (non-hydrogen) atoms. The van der Waals surface area contributed by atoms with Crippen molar-refractivity contribution in [3.05, 3.63) is 96.2 Å². The van der Waals surface area contributed by atoms with Crippen molar-refractivity contribution in [2.24, 2.45) is 0 Å². The number of benzene rings is 2. The summed E-state index contributed by atoms with van der Waals surface area (Å²) >= 11 is 0. The highest BCUT2D eigenvalue weighted by Gasteiger charge is 2.20. The lowest BCUT2D eigenvalue weighted by Gasteiger charge is -2.09. The van der Waals surface area contributed by atoms with Gasteiger partial charge >= 0.3 is 0 Å². The molecule has 0 radical (unpaired) electrons. The van der Waals surface area contributed by atoms with Gasteiger partial charge in [-0.25, -0.2) is 4.39 Å². The van der Waals surface area contributed by atoms with Gasteiger partial charge in [-0.15, -0.1) is 0 Å². The van der Waals surface area contributed by atoms with Crippen LogP contribution in [0, 0.1) is 5.82 Å². The van der Waals surface area contributed by atoms with Gasteiger partial charge in [-0.05, 0) is 73.7 Å². The Morgan fingerprint density at radius 1 is 0.828 bits per heavy atom. The molecule has 0 atom stereocenters. The van der Waals surface area contributed by atoms with Gasteiger partial charge in [-0.1, -0.05) is 30.3 Å². The van der Waals surface area contributed by atoms with Crippen LogP contribution in [0.4, 0.5) is 4.39 Å². The summed E-state index contributed by atoms with van der Waals surface area (Å²) in [6, 6.07) is 21.2. The third-order valence-corrected chi connectivity index (χ3v) is 5.17. The molecule has 2 aromatic carbocycles. The molecule has 0 bridgehead atoms. The molecule has 0 aliphatic carbocycles. The Balaban J connectivity index is 1.73. The first-order valence-corrected chi connectivity index (χ1v) is 10.1. The van der Waals surface area contributed by atoms with Gasteiger partial charge in [0.15, 0.2) is 0 Å². The fourth-order valence-electron chi connectivity index (χ4n) is 3.75. The number of rotatable bonds is 7. The summed E-state index contributed by atoms with van der Waals surface area (Å²) in [7, 11) is 0. The van der Waals surface area contributed by atoms with Crippen LogP contribution in [0.15, 0.2) is 79.1 Å². The second-order valence-corrected chi connectivity index (χ2v) is 7.07. The minimum atomic E-state index is -0.239. The molecule has 0 saturated carbocycles. The van der Waals surface area contributed by atoms with E-state index in [1.807, 2.05) is 18.2 Å². The number of nitrogens with zero attached hydrogens (tertiary/aromatic N) is 3. The normalized spacial score (nSPS) is 11.0. The third kappa shape index (κ3) is 4.27. The Morgan fingerprint density at radius 2 is 1.55 bits per heavy atom. The van der Waals surface area contributed by atoms with Crippen LogP contribution in [0.1, 0.15) is 24.6 Å². The fourth-order valence-corrected chi connectivity index (χ4v) is 3.75. The molecular formula is C25H24FN3. The van der Waals surface area contributed by atoms with E-state index in [0.29, 0.717) is 0 Å². The maximum Gasteiger partial charge on any atom is 0.123 e. The molecule has 2 heterocycles. The summed E-state index contributed by atoms with van der Waals surface area (Å²) in [5, 5.41) is 4.90. The Hall–Kier alpha value is -3.27. The van der Waals surface area contributed by atoms with Crippen molar-refractivity contribution in [2.75, 3.05) is 0 Å².